The zero-order valence-electron chi connectivity index (χ0n) is 7.52. The van der Waals surface area contributed by atoms with Crippen molar-refractivity contribution in [2.24, 2.45) is 0 Å². The highest BCUT2D eigenvalue weighted by molar-refractivity contribution is 5.76. The summed E-state index contributed by atoms with van der Waals surface area (Å²) in [4.78, 5) is 13.1. The van der Waals surface area contributed by atoms with Crippen LogP contribution in [0.15, 0.2) is 0 Å². The monoisotopic (exact) mass is 184 g/mol. The molecule has 0 aromatic heterocycles. The maximum atomic E-state index is 11.3. The topological polar surface area (TPSA) is 62.6 Å². The molecule has 0 aromatic rings. The molecule has 0 amide bonds. The van der Waals surface area contributed by atoms with Gasteiger partial charge in [-0.25, -0.2) is 0 Å². The number of carbonyl (C=O) groups is 1. The van der Waals surface area contributed by atoms with E-state index in [0.717, 1.165) is 0 Å². The average molecular weight is 184 g/mol. The van der Waals surface area contributed by atoms with Crippen molar-refractivity contribution >= 4 is 5.97 Å². The Morgan fingerprint density at radius 1 is 1.85 bits per heavy atom. The van der Waals surface area contributed by atoms with E-state index in [-0.39, 0.29) is 18.6 Å². The molecule has 0 aromatic carbocycles. The van der Waals surface area contributed by atoms with Crippen LogP contribution in [-0.4, -0.2) is 50.3 Å². The highest BCUT2D eigenvalue weighted by atomic mass is 16.5. The second-order valence-corrected chi connectivity index (χ2v) is 2.84. The predicted octanol–water partition coefficient (Wildman–Crippen LogP) is -0.616. The van der Waals surface area contributed by atoms with E-state index in [1.165, 1.54) is 0 Å². The molecule has 0 saturated carbocycles. The number of likely N-dealkylation sites (N-methyl/N-ethyl adjacent to an activating group) is 1. The van der Waals surface area contributed by atoms with E-state index in [1.54, 1.807) is 6.07 Å². The van der Waals surface area contributed by atoms with Gasteiger partial charge in [0, 0.05) is 6.54 Å². The molecule has 5 nitrogen and oxygen atoms in total. The molecule has 0 radical (unpaired) electrons. The van der Waals surface area contributed by atoms with Crippen LogP contribution in [0.25, 0.3) is 0 Å². The van der Waals surface area contributed by atoms with E-state index >= 15 is 0 Å². The Morgan fingerprint density at radius 2 is 2.62 bits per heavy atom. The zero-order chi connectivity index (χ0) is 9.68. The highest BCUT2D eigenvalue weighted by Gasteiger charge is 2.27. The van der Waals surface area contributed by atoms with Crippen LogP contribution in [0.3, 0.4) is 0 Å². The van der Waals surface area contributed by atoms with Crippen molar-refractivity contribution in [2.75, 3.05) is 33.4 Å². The first kappa shape index (κ1) is 9.96. The van der Waals surface area contributed by atoms with Crippen LogP contribution in [0.4, 0.5) is 0 Å². The van der Waals surface area contributed by atoms with Crippen molar-refractivity contribution in [1.29, 1.82) is 5.26 Å². The number of esters is 1. The molecule has 72 valence electrons. The highest BCUT2D eigenvalue weighted by Crippen LogP contribution is 2.05. The smallest absolute Gasteiger partial charge is 0.326 e. The van der Waals surface area contributed by atoms with Crippen molar-refractivity contribution < 1.29 is 14.3 Å². The lowest BCUT2D eigenvalue weighted by atomic mass is 10.2. The SMILES string of the molecule is CN1CCOCC1C(=O)OCC#N. The number of rotatable bonds is 2. The Hall–Kier alpha value is -1.12. The Bertz CT molecular complexity index is 224. The van der Waals surface area contributed by atoms with Gasteiger partial charge in [-0.2, -0.15) is 5.26 Å². The van der Waals surface area contributed by atoms with Crippen LogP contribution in [0, 0.1) is 11.3 Å². The summed E-state index contributed by atoms with van der Waals surface area (Å²) in [5.41, 5.74) is 0. The van der Waals surface area contributed by atoms with Gasteiger partial charge in [0.15, 0.2) is 6.61 Å². The van der Waals surface area contributed by atoms with Crippen LogP contribution in [0.1, 0.15) is 0 Å². The molecule has 1 fully saturated rings. The minimum absolute atomic E-state index is 0.191. The minimum atomic E-state index is -0.385. The fourth-order valence-electron chi connectivity index (χ4n) is 1.13. The first-order chi connectivity index (χ1) is 6.25. The molecule has 1 atom stereocenters. The normalized spacial score (nSPS) is 23.5. The molecule has 13 heavy (non-hydrogen) atoms. The van der Waals surface area contributed by atoms with Crippen molar-refractivity contribution in [3.05, 3.63) is 0 Å². The Balaban J connectivity index is 2.40. The number of hydrogen-bond donors (Lipinski definition) is 0. The Labute approximate surface area is 76.8 Å². The second kappa shape index (κ2) is 4.80. The van der Waals surface area contributed by atoms with Gasteiger partial charge in [0.1, 0.15) is 12.1 Å². The predicted molar refractivity (Wildman–Crippen MR) is 43.8 cm³/mol. The van der Waals surface area contributed by atoms with Gasteiger partial charge in [-0.15, -0.1) is 0 Å². The molecular weight excluding hydrogens is 172 g/mol. The third-order valence-electron chi connectivity index (χ3n) is 1.95. The van der Waals surface area contributed by atoms with Crippen molar-refractivity contribution in [3.8, 4) is 6.07 Å². The number of ether oxygens (including phenoxy) is 2. The summed E-state index contributed by atoms with van der Waals surface area (Å²) in [6, 6.07) is 1.39. The molecule has 0 aliphatic carbocycles. The largest absolute Gasteiger partial charge is 0.449 e. The quantitative estimate of drug-likeness (QED) is 0.535. The lowest BCUT2D eigenvalue weighted by molar-refractivity contribution is -0.153. The van der Waals surface area contributed by atoms with E-state index in [2.05, 4.69) is 4.74 Å². The van der Waals surface area contributed by atoms with Crippen LogP contribution >= 0.6 is 0 Å². The Kier molecular flexibility index (Phi) is 3.68. The summed E-state index contributed by atoms with van der Waals surface area (Å²) in [6.45, 7) is 1.51. The first-order valence-corrected chi connectivity index (χ1v) is 4.07. The summed E-state index contributed by atoms with van der Waals surface area (Å²) in [5, 5.41) is 8.21. The van der Waals surface area contributed by atoms with Crippen molar-refractivity contribution in [1.82, 2.24) is 4.90 Å². The van der Waals surface area contributed by atoms with Crippen molar-refractivity contribution in [3.63, 3.8) is 0 Å². The number of hydrogen-bond acceptors (Lipinski definition) is 5. The Morgan fingerprint density at radius 3 is 3.23 bits per heavy atom. The van der Waals surface area contributed by atoms with E-state index in [0.29, 0.717) is 19.8 Å². The lowest BCUT2D eigenvalue weighted by Crippen LogP contribution is -2.48. The van der Waals surface area contributed by atoms with Gasteiger partial charge < -0.3 is 9.47 Å². The number of morpholine rings is 1. The van der Waals surface area contributed by atoms with Gasteiger partial charge in [0.2, 0.25) is 0 Å². The van der Waals surface area contributed by atoms with Crippen LogP contribution in [-0.2, 0) is 14.3 Å². The molecule has 1 aliphatic heterocycles. The fourth-order valence-corrected chi connectivity index (χ4v) is 1.13. The number of carbonyl (C=O) groups excluding carboxylic acids is 1. The summed E-state index contributed by atoms with van der Waals surface area (Å²) < 4.78 is 9.81. The van der Waals surface area contributed by atoms with E-state index in [9.17, 15) is 4.79 Å². The minimum Gasteiger partial charge on any atom is -0.449 e. The zero-order valence-corrected chi connectivity index (χ0v) is 7.52. The third kappa shape index (κ3) is 2.68. The summed E-state index contributed by atoms with van der Waals surface area (Å²) in [7, 11) is 1.83. The molecular formula is C8H12N2O3. The molecule has 1 saturated heterocycles. The molecule has 1 heterocycles. The van der Waals surface area contributed by atoms with Gasteiger partial charge in [0.25, 0.3) is 0 Å². The lowest BCUT2D eigenvalue weighted by Gasteiger charge is -2.30. The number of nitriles is 1. The van der Waals surface area contributed by atoms with Crippen LogP contribution < -0.4 is 0 Å². The molecule has 0 bridgehead atoms. The van der Waals surface area contributed by atoms with Crippen molar-refractivity contribution in [2.45, 2.75) is 6.04 Å². The maximum Gasteiger partial charge on any atom is 0.326 e. The van der Waals surface area contributed by atoms with Gasteiger partial charge >= 0.3 is 5.97 Å². The van der Waals surface area contributed by atoms with Gasteiger partial charge in [0.05, 0.1) is 13.2 Å². The first-order valence-electron chi connectivity index (χ1n) is 4.07. The summed E-state index contributed by atoms with van der Waals surface area (Å²) in [6.07, 6.45) is 0. The average Bonchev–Trinajstić information content (AvgIpc) is 2.15. The molecule has 1 aliphatic rings. The molecule has 0 N–H and O–H groups in total. The second-order valence-electron chi connectivity index (χ2n) is 2.84. The van der Waals surface area contributed by atoms with Crippen LogP contribution in [0.5, 0.6) is 0 Å². The molecule has 1 unspecified atom stereocenters. The van der Waals surface area contributed by atoms with Crippen LogP contribution in [0.2, 0.25) is 0 Å². The van der Waals surface area contributed by atoms with Gasteiger partial charge in [-0.1, -0.05) is 0 Å². The molecule has 5 heteroatoms. The maximum absolute atomic E-state index is 11.3. The van der Waals surface area contributed by atoms with E-state index < -0.39 is 0 Å². The fraction of sp³-hybridized carbons (Fsp3) is 0.750. The van der Waals surface area contributed by atoms with Gasteiger partial charge in [-0.05, 0) is 7.05 Å². The molecule has 1 rings (SSSR count). The molecule has 0 spiro atoms. The summed E-state index contributed by atoms with van der Waals surface area (Å²) >= 11 is 0. The van der Waals surface area contributed by atoms with E-state index in [1.807, 2.05) is 11.9 Å². The third-order valence-corrected chi connectivity index (χ3v) is 1.95. The van der Waals surface area contributed by atoms with Gasteiger partial charge in [-0.3, -0.25) is 9.69 Å². The standard InChI is InChI=1S/C8H12N2O3/c1-10-3-5-12-6-7(10)8(11)13-4-2-9/h7H,3-6H2,1H3. The van der Waals surface area contributed by atoms with E-state index in [4.69, 9.17) is 10.00 Å². The number of nitrogens with zero attached hydrogens (tertiary/aromatic N) is 2. The summed E-state index contributed by atoms with van der Waals surface area (Å²) in [5.74, 6) is -0.385.